The highest BCUT2D eigenvalue weighted by Crippen LogP contribution is 2.22. The van der Waals surface area contributed by atoms with E-state index in [0.717, 1.165) is 36.0 Å². The first-order valence-corrected chi connectivity index (χ1v) is 7.14. The van der Waals surface area contributed by atoms with Gasteiger partial charge < -0.3 is 10.3 Å². The van der Waals surface area contributed by atoms with Gasteiger partial charge in [0.25, 0.3) is 0 Å². The summed E-state index contributed by atoms with van der Waals surface area (Å²) in [6.07, 6.45) is 6.02. The molecule has 3 rings (SSSR count). The second-order valence-corrected chi connectivity index (χ2v) is 5.42. The lowest BCUT2D eigenvalue weighted by molar-refractivity contribution is 0.0973. The molecule has 1 unspecified atom stereocenters. The van der Waals surface area contributed by atoms with Crippen LogP contribution in [-0.4, -0.2) is 23.9 Å². The molecule has 0 amide bonds. The minimum atomic E-state index is 0.267. The van der Waals surface area contributed by atoms with Gasteiger partial charge in [-0.15, -0.1) is 0 Å². The molecule has 2 N–H and O–H groups in total. The Morgan fingerprint density at radius 1 is 1.32 bits per heavy atom. The maximum atomic E-state index is 12.3. The first-order chi connectivity index (χ1) is 9.34. The summed E-state index contributed by atoms with van der Waals surface area (Å²) in [5.74, 6) is 0.936. The molecule has 1 aromatic carbocycles. The minimum absolute atomic E-state index is 0.267. The Labute approximate surface area is 113 Å². The third-order valence-electron chi connectivity index (χ3n) is 4.07. The number of benzene rings is 1. The number of Topliss-reactive ketones (excluding diaryl/α,β-unsaturated/α-hetero) is 1. The monoisotopic (exact) mass is 256 g/mol. The highest BCUT2D eigenvalue weighted by atomic mass is 16.1. The van der Waals surface area contributed by atoms with Crippen molar-refractivity contribution in [2.45, 2.75) is 25.7 Å². The van der Waals surface area contributed by atoms with Crippen molar-refractivity contribution in [1.29, 1.82) is 0 Å². The van der Waals surface area contributed by atoms with E-state index in [-0.39, 0.29) is 5.78 Å². The van der Waals surface area contributed by atoms with Crippen LogP contribution in [0.1, 0.15) is 36.0 Å². The van der Waals surface area contributed by atoms with E-state index in [4.69, 9.17) is 0 Å². The van der Waals surface area contributed by atoms with Gasteiger partial charge in [-0.1, -0.05) is 18.2 Å². The number of fused-ring (bicyclic) bond motifs is 1. The predicted octanol–water partition coefficient (Wildman–Crippen LogP) is 3.13. The number of carbonyl (C=O) groups excluding carboxylic acids is 1. The first-order valence-electron chi connectivity index (χ1n) is 7.14. The zero-order valence-corrected chi connectivity index (χ0v) is 11.1. The Kier molecular flexibility index (Phi) is 3.65. The Hall–Kier alpha value is -1.61. The smallest absolute Gasteiger partial charge is 0.165 e. The maximum Gasteiger partial charge on any atom is 0.165 e. The molecule has 1 atom stereocenters. The number of hydrogen-bond donors (Lipinski definition) is 2. The molecule has 0 bridgehead atoms. The standard InChI is InChI=1S/C16H20N2O/c19-16(8-7-12-4-3-9-17-10-12)14-11-18-15-6-2-1-5-13(14)15/h1-2,5-6,11-12,17-18H,3-4,7-10H2. The normalized spacial score (nSPS) is 19.7. The molecule has 0 radical (unpaired) electrons. The third kappa shape index (κ3) is 2.71. The zero-order valence-electron chi connectivity index (χ0n) is 11.1. The van der Waals surface area contributed by atoms with E-state index < -0.39 is 0 Å². The molecule has 3 nitrogen and oxygen atoms in total. The molecule has 0 spiro atoms. The van der Waals surface area contributed by atoms with Crippen molar-refractivity contribution in [2.24, 2.45) is 5.92 Å². The molecule has 1 fully saturated rings. The molecule has 0 aliphatic carbocycles. The van der Waals surface area contributed by atoms with Gasteiger partial charge in [0.1, 0.15) is 0 Å². The Morgan fingerprint density at radius 2 is 2.21 bits per heavy atom. The quantitative estimate of drug-likeness (QED) is 0.825. The number of rotatable bonds is 4. The molecular weight excluding hydrogens is 236 g/mol. The van der Waals surface area contributed by atoms with E-state index in [1.54, 1.807) is 0 Å². The SMILES string of the molecule is O=C(CCC1CCCNC1)c1c[nH]c2ccccc12. The molecule has 3 heteroatoms. The fourth-order valence-corrected chi connectivity index (χ4v) is 2.94. The summed E-state index contributed by atoms with van der Waals surface area (Å²) in [6, 6.07) is 8.00. The van der Waals surface area contributed by atoms with E-state index in [9.17, 15) is 4.79 Å². The lowest BCUT2D eigenvalue weighted by Crippen LogP contribution is -2.30. The molecule has 1 aromatic heterocycles. The van der Waals surface area contributed by atoms with Gasteiger partial charge in [-0.25, -0.2) is 0 Å². The van der Waals surface area contributed by atoms with Crippen LogP contribution >= 0.6 is 0 Å². The number of nitrogens with one attached hydrogen (secondary N) is 2. The molecule has 1 aliphatic rings. The van der Waals surface area contributed by atoms with Gasteiger partial charge in [-0.2, -0.15) is 0 Å². The Balaban J connectivity index is 1.66. The van der Waals surface area contributed by atoms with Crippen molar-refractivity contribution in [3.05, 3.63) is 36.0 Å². The topological polar surface area (TPSA) is 44.9 Å². The van der Waals surface area contributed by atoms with Crippen LogP contribution in [0.15, 0.2) is 30.5 Å². The fourth-order valence-electron chi connectivity index (χ4n) is 2.94. The molecule has 19 heavy (non-hydrogen) atoms. The number of aromatic amines is 1. The number of para-hydroxylation sites is 1. The summed E-state index contributed by atoms with van der Waals surface area (Å²) in [6.45, 7) is 2.20. The fraction of sp³-hybridized carbons (Fsp3) is 0.438. The van der Waals surface area contributed by atoms with E-state index in [0.29, 0.717) is 12.3 Å². The third-order valence-corrected chi connectivity index (χ3v) is 4.07. The summed E-state index contributed by atoms with van der Waals surface area (Å²) < 4.78 is 0. The van der Waals surface area contributed by atoms with Crippen molar-refractivity contribution in [3.63, 3.8) is 0 Å². The van der Waals surface area contributed by atoms with Crippen molar-refractivity contribution in [1.82, 2.24) is 10.3 Å². The van der Waals surface area contributed by atoms with Crippen LogP contribution in [0.4, 0.5) is 0 Å². The highest BCUT2D eigenvalue weighted by Gasteiger charge is 2.16. The molecule has 1 aliphatic heterocycles. The van der Waals surface area contributed by atoms with Crippen LogP contribution in [0.5, 0.6) is 0 Å². The van der Waals surface area contributed by atoms with Crippen molar-refractivity contribution in [3.8, 4) is 0 Å². The van der Waals surface area contributed by atoms with Gasteiger partial charge in [0, 0.05) is 29.1 Å². The Morgan fingerprint density at radius 3 is 3.05 bits per heavy atom. The number of hydrogen-bond acceptors (Lipinski definition) is 2. The number of aromatic nitrogens is 1. The average molecular weight is 256 g/mol. The van der Waals surface area contributed by atoms with Crippen molar-refractivity contribution < 1.29 is 4.79 Å². The van der Waals surface area contributed by atoms with Crippen LogP contribution in [0.25, 0.3) is 10.9 Å². The number of piperidine rings is 1. The van der Waals surface area contributed by atoms with Crippen LogP contribution in [0, 0.1) is 5.92 Å². The number of H-pyrrole nitrogens is 1. The summed E-state index contributed by atoms with van der Waals surface area (Å²) in [5, 5.41) is 4.46. The first kappa shape index (κ1) is 12.4. The Bertz CT molecular complexity index is 567. The summed E-state index contributed by atoms with van der Waals surface area (Å²) >= 11 is 0. The van der Waals surface area contributed by atoms with Gasteiger partial charge in [-0.05, 0) is 44.3 Å². The second kappa shape index (κ2) is 5.57. The summed E-state index contributed by atoms with van der Waals surface area (Å²) in [5.41, 5.74) is 1.89. The van der Waals surface area contributed by atoms with E-state index >= 15 is 0 Å². The second-order valence-electron chi connectivity index (χ2n) is 5.42. The van der Waals surface area contributed by atoms with Crippen LogP contribution in [0.2, 0.25) is 0 Å². The van der Waals surface area contributed by atoms with Crippen LogP contribution < -0.4 is 5.32 Å². The molecule has 2 aromatic rings. The predicted molar refractivity (Wildman–Crippen MR) is 77.5 cm³/mol. The average Bonchev–Trinajstić information content (AvgIpc) is 2.90. The van der Waals surface area contributed by atoms with Crippen molar-refractivity contribution in [2.75, 3.05) is 13.1 Å². The molecule has 100 valence electrons. The maximum absolute atomic E-state index is 12.3. The highest BCUT2D eigenvalue weighted by molar-refractivity contribution is 6.07. The largest absolute Gasteiger partial charge is 0.360 e. The van der Waals surface area contributed by atoms with Crippen LogP contribution in [0.3, 0.4) is 0 Å². The van der Waals surface area contributed by atoms with Crippen molar-refractivity contribution >= 4 is 16.7 Å². The van der Waals surface area contributed by atoms with E-state index in [1.165, 1.54) is 12.8 Å². The zero-order chi connectivity index (χ0) is 13.1. The van der Waals surface area contributed by atoms with Gasteiger partial charge >= 0.3 is 0 Å². The van der Waals surface area contributed by atoms with E-state index in [1.807, 2.05) is 30.5 Å². The summed E-state index contributed by atoms with van der Waals surface area (Å²) in [7, 11) is 0. The lowest BCUT2D eigenvalue weighted by atomic mass is 9.92. The van der Waals surface area contributed by atoms with Crippen LogP contribution in [-0.2, 0) is 0 Å². The number of ketones is 1. The summed E-state index contributed by atoms with van der Waals surface area (Å²) in [4.78, 5) is 15.5. The minimum Gasteiger partial charge on any atom is -0.360 e. The molecule has 0 saturated carbocycles. The van der Waals surface area contributed by atoms with E-state index in [2.05, 4.69) is 10.3 Å². The molecule has 1 saturated heterocycles. The lowest BCUT2D eigenvalue weighted by Gasteiger charge is -2.22. The molecule has 2 heterocycles. The number of carbonyl (C=O) groups is 1. The van der Waals surface area contributed by atoms with Gasteiger partial charge in [0.05, 0.1) is 0 Å². The molecular formula is C16H20N2O. The van der Waals surface area contributed by atoms with Gasteiger partial charge in [0.2, 0.25) is 0 Å². The van der Waals surface area contributed by atoms with Gasteiger partial charge in [0.15, 0.2) is 5.78 Å². The van der Waals surface area contributed by atoms with Gasteiger partial charge in [-0.3, -0.25) is 4.79 Å².